The molecule has 0 fully saturated rings. The Labute approximate surface area is 159 Å². The Morgan fingerprint density at radius 3 is 2.15 bits per heavy atom. The van der Waals surface area contributed by atoms with Crippen LogP contribution in [0.5, 0.6) is 0 Å². The van der Waals surface area contributed by atoms with Crippen LogP contribution in [0.25, 0.3) is 0 Å². The lowest BCUT2D eigenvalue weighted by atomic mass is 9.91. The monoisotopic (exact) mass is 350 g/mol. The SMILES string of the molecule is Cc1cc(CCC(=O)CC(C)C)cc(C)c1Cc1cccc(C(C)C)c1. The van der Waals surface area contributed by atoms with Crippen molar-refractivity contribution in [3.05, 3.63) is 69.8 Å². The molecule has 0 aromatic heterocycles. The summed E-state index contributed by atoms with van der Waals surface area (Å²) in [6, 6.07) is 13.5. The van der Waals surface area contributed by atoms with Crippen LogP contribution < -0.4 is 0 Å². The van der Waals surface area contributed by atoms with Gasteiger partial charge in [0.05, 0.1) is 0 Å². The Hall–Kier alpha value is -1.89. The molecule has 0 radical (unpaired) electrons. The van der Waals surface area contributed by atoms with Gasteiger partial charge in [0.2, 0.25) is 0 Å². The summed E-state index contributed by atoms with van der Waals surface area (Å²) in [5, 5.41) is 0. The van der Waals surface area contributed by atoms with Crippen LogP contribution in [-0.4, -0.2) is 5.78 Å². The van der Waals surface area contributed by atoms with E-state index in [-0.39, 0.29) is 0 Å². The van der Waals surface area contributed by atoms with Crippen molar-refractivity contribution < 1.29 is 4.79 Å². The number of carbonyl (C=O) groups excluding carboxylic acids is 1. The molecular formula is C25H34O. The van der Waals surface area contributed by atoms with Crippen molar-refractivity contribution in [2.24, 2.45) is 5.92 Å². The molecule has 0 aliphatic carbocycles. The fraction of sp³-hybridized carbons (Fsp3) is 0.480. The first-order chi connectivity index (χ1) is 12.3. The van der Waals surface area contributed by atoms with E-state index in [0.29, 0.717) is 30.5 Å². The second kappa shape index (κ2) is 9.16. The van der Waals surface area contributed by atoms with Crippen LogP contribution in [0.4, 0.5) is 0 Å². The summed E-state index contributed by atoms with van der Waals surface area (Å²) in [4.78, 5) is 12.0. The largest absolute Gasteiger partial charge is 0.300 e. The van der Waals surface area contributed by atoms with Crippen molar-refractivity contribution in [3.63, 3.8) is 0 Å². The van der Waals surface area contributed by atoms with E-state index in [2.05, 4.69) is 77.9 Å². The van der Waals surface area contributed by atoms with E-state index in [1.165, 1.54) is 33.4 Å². The van der Waals surface area contributed by atoms with Crippen molar-refractivity contribution in [1.82, 2.24) is 0 Å². The highest BCUT2D eigenvalue weighted by molar-refractivity contribution is 5.78. The minimum atomic E-state index is 0.380. The molecule has 0 aliphatic rings. The highest BCUT2D eigenvalue weighted by Crippen LogP contribution is 2.23. The second-order valence-corrected chi connectivity index (χ2v) is 8.42. The summed E-state index contributed by atoms with van der Waals surface area (Å²) in [5.41, 5.74) is 8.16. The molecule has 0 aliphatic heterocycles. The van der Waals surface area contributed by atoms with E-state index < -0.39 is 0 Å². The molecule has 1 heteroatoms. The molecule has 0 atom stereocenters. The number of rotatable bonds is 8. The van der Waals surface area contributed by atoms with E-state index in [9.17, 15) is 4.79 Å². The van der Waals surface area contributed by atoms with Crippen molar-refractivity contribution in [3.8, 4) is 0 Å². The van der Waals surface area contributed by atoms with Crippen molar-refractivity contribution in [1.29, 1.82) is 0 Å². The molecule has 2 aromatic carbocycles. The van der Waals surface area contributed by atoms with Gasteiger partial charge in [0, 0.05) is 12.8 Å². The molecule has 26 heavy (non-hydrogen) atoms. The van der Waals surface area contributed by atoms with Gasteiger partial charge in [-0.2, -0.15) is 0 Å². The van der Waals surface area contributed by atoms with Crippen LogP contribution in [0.3, 0.4) is 0 Å². The maximum absolute atomic E-state index is 12.0. The van der Waals surface area contributed by atoms with E-state index in [1.54, 1.807) is 0 Å². The number of aryl methyl sites for hydroxylation is 3. The molecule has 140 valence electrons. The molecule has 0 N–H and O–H groups in total. The fourth-order valence-electron chi connectivity index (χ4n) is 3.61. The zero-order valence-electron chi connectivity index (χ0n) is 17.4. The molecule has 0 bridgehead atoms. The lowest BCUT2D eigenvalue weighted by Gasteiger charge is -2.14. The summed E-state index contributed by atoms with van der Waals surface area (Å²) >= 11 is 0. The smallest absolute Gasteiger partial charge is 0.133 e. The molecule has 0 heterocycles. The normalized spacial score (nSPS) is 11.4. The zero-order valence-corrected chi connectivity index (χ0v) is 17.4. The minimum absolute atomic E-state index is 0.380. The third-order valence-corrected chi connectivity index (χ3v) is 5.08. The first-order valence-corrected chi connectivity index (χ1v) is 9.95. The van der Waals surface area contributed by atoms with Crippen molar-refractivity contribution in [2.45, 2.75) is 73.1 Å². The Balaban J connectivity index is 2.12. The van der Waals surface area contributed by atoms with Gasteiger partial charge >= 0.3 is 0 Å². The van der Waals surface area contributed by atoms with Gasteiger partial charge in [-0.05, 0) is 71.9 Å². The summed E-state index contributed by atoms with van der Waals surface area (Å²) in [5.74, 6) is 1.39. The fourth-order valence-corrected chi connectivity index (χ4v) is 3.61. The number of hydrogen-bond donors (Lipinski definition) is 0. The van der Waals surface area contributed by atoms with Crippen molar-refractivity contribution >= 4 is 5.78 Å². The van der Waals surface area contributed by atoms with Crippen LogP contribution >= 0.6 is 0 Å². The van der Waals surface area contributed by atoms with E-state index in [0.717, 1.165) is 12.8 Å². The number of benzene rings is 2. The predicted molar refractivity (Wildman–Crippen MR) is 112 cm³/mol. The molecule has 0 spiro atoms. The maximum atomic E-state index is 12.0. The van der Waals surface area contributed by atoms with Crippen LogP contribution in [0.15, 0.2) is 36.4 Å². The first kappa shape index (κ1) is 20.4. The van der Waals surface area contributed by atoms with Crippen LogP contribution in [-0.2, 0) is 17.6 Å². The Kier molecular flexibility index (Phi) is 7.20. The second-order valence-electron chi connectivity index (χ2n) is 8.42. The maximum Gasteiger partial charge on any atom is 0.133 e. The molecule has 0 saturated heterocycles. The summed E-state index contributed by atoms with van der Waals surface area (Å²) in [6.07, 6.45) is 3.19. The Morgan fingerprint density at radius 1 is 0.923 bits per heavy atom. The summed E-state index contributed by atoms with van der Waals surface area (Å²) in [7, 11) is 0. The third kappa shape index (κ3) is 5.83. The van der Waals surface area contributed by atoms with E-state index >= 15 is 0 Å². The molecular weight excluding hydrogens is 316 g/mol. The van der Waals surface area contributed by atoms with Gasteiger partial charge in [-0.15, -0.1) is 0 Å². The van der Waals surface area contributed by atoms with Gasteiger partial charge in [-0.3, -0.25) is 4.79 Å². The first-order valence-electron chi connectivity index (χ1n) is 9.95. The number of carbonyl (C=O) groups is 1. The quantitative estimate of drug-likeness (QED) is 0.526. The number of hydrogen-bond acceptors (Lipinski definition) is 1. The topological polar surface area (TPSA) is 17.1 Å². The molecule has 0 unspecified atom stereocenters. The highest BCUT2D eigenvalue weighted by atomic mass is 16.1. The van der Waals surface area contributed by atoms with Gasteiger partial charge in [0.25, 0.3) is 0 Å². The van der Waals surface area contributed by atoms with Crippen molar-refractivity contribution in [2.75, 3.05) is 0 Å². The van der Waals surface area contributed by atoms with Gasteiger partial charge in [-0.25, -0.2) is 0 Å². The average Bonchev–Trinajstić information content (AvgIpc) is 2.56. The van der Waals surface area contributed by atoms with Gasteiger partial charge in [0.1, 0.15) is 5.78 Å². The van der Waals surface area contributed by atoms with E-state index in [4.69, 9.17) is 0 Å². The van der Waals surface area contributed by atoms with E-state index in [1.807, 2.05) is 0 Å². The number of Topliss-reactive ketones (excluding diaryl/α,β-unsaturated/α-hetero) is 1. The summed E-state index contributed by atoms with van der Waals surface area (Å²) < 4.78 is 0. The standard InChI is InChI=1S/C25H34O/c1-17(2)12-24(26)11-10-22-13-19(5)25(20(6)14-22)16-21-8-7-9-23(15-21)18(3)4/h7-9,13-15,17-18H,10-12,16H2,1-6H3. The molecule has 1 nitrogen and oxygen atoms in total. The van der Waals surface area contributed by atoms with Gasteiger partial charge in [0.15, 0.2) is 0 Å². The van der Waals surface area contributed by atoms with Crippen LogP contribution in [0.2, 0.25) is 0 Å². The molecule has 0 amide bonds. The Morgan fingerprint density at radius 2 is 1.58 bits per heavy atom. The van der Waals surface area contributed by atoms with Crippen LogP contribution in [0.1, 0.15) is 79.8 Å². The highest BCUT2D eigenvalue weighted by Gasteiger charge is 2.10. The third-order valence-electron chi connectivity index (χ3n) is 5.08. The molecule has 2 rings (SSSR count). The molecule has 2 aromatic rings. The lowest BCUT2D eigenvalue weighted by molar-refractivity contribution is -0.119. The summed E-state index contributed by atoms with van der Waals surface area (Å²) in [6.45, 7) is 13.1. The van der Waals surface area contributed by atoms with Gasteiger partial charge in [-0.1, -0.05) is 64.1 Å². The van der Waals surface area contributed by atoms with Gasteiger partial charge < -0.3 is 0 Å². The lowest BCUT2D eigenvalue weighted by Crippen LogP contribution is -2.05. The Bertz CT molecular complexity index is 729. The molecule has 0 saturated carbocycles. The number of ketones is 1. The average molecular weight is 351 g/mol. The predicted octanol–water partition coefficient (Wildman–Crippen LogP) is 6.57. The zero-order chi connectivity index (χ0) is 19.3. The minimum Gasteiger partial charge on any atom is -0.300 e. The van der Waals surface area contributed by atoms with Crippen LogP contribution in [0, 0.1) is 19.8 Å².